The van der Waals surface area contributed by atoms with Gasteiger partial charge in [-0.2, -0.15) is 0 Å². The lowest BCUT2D eigenvalue weighted by Gasteiger charge is -1.59. The molecule has 2 heteroatoms. The fraction of sp³-hybridized carbons (Fsp3) is 0.500. The van der Waals surface area contributed by atoms with Crippen molar-refractivity contribution in [1.82, 2.24) is 0 Å². The van der Waals surface area contributed by atoms with Crippen LogP contribution in [0, 0.1) is 0 Å². The molecule has 0 radical (unpaired) electrons. The summed E-state index contributed by atoms with van der Waals surface area (Å²) < 4.78 is 0. The lowest BCUT2D eigenvalue weighted by molar-refractivity contribution is -0.134. The molecular weight excluding hydrogens is 104 g/mol. The molecule has 0 aromatic heterocycles. The van der Waals surface area contributed by atoms with E-state index < -0.39 is 5.97 Å². The predicted octanol–water partition coefficient (Wildman–Crippen LogP) is 1.67. The minimum atomic E-state index is -0.833. The van der Waals surface area contributed by atoms with E-state index in [0.717, 1.165) is 6.92 Å². The first-order chi connectivity index (χ1) is 3.65. The Balaban J connectivity index is 0. The maximum absolute atomic E-state index is 9.00. The number of aliphatic carboxylic acids is 1. The molecule has 0 aromatic rings. The van der Waals surface area contributed by atoms with E-state index in [1.165, 1.54) is 0 Å². The van der Waals surface area contributed by atoms with Gasteiger partial charge in [-0.3, -0.25) is 4.79 Å². The summed E-state index contributed by atoms with van der Waals surface area (Å²) in [5.41, 5.74) is 0. The first-order valence-corrected chi connectivity index (χ1v) is 2.42. The average molecular weight is 116 g/mol. The van der Waals surface area contributed by atoms with Crippen LogP contribution in [-0.4, -0.2) is 11.1 Å². The van der Waals surface area contributed by atoms with Crippen LogP contribution in [0.2, 0.25) is 0 Å². The number of hydrogen-bond donors (Lipinski definition) is 1. The fourth-order valence-corrected chi connectivity index (χ4v) is 0. The van der Waals surface area contributed by atoms with Crippen LogP contribution in [0.25, 0.3) is 0 Å². The Morgan fingerprint density at radius 2 is 1.50 bits per heavy atom. The molecule has 0 aliphatic carbocycles. The topological polar surface area (TPSA) is 37.3 Å². The Hall–Kier alpha value is -0.790. The Morgan fingerprint density at radius 3 is 1.50 bits per heavy atom. The van der Waals surface area contributed by atoms with Gasteiger partial charge in [-0.1, -0.05) is 12.2 Å². The highest BCUT2D eigenvalue weighted by Crippen LogP contribution is 1.57. The number of allylic oxidation sites excluding steroid dienone is 2. The highest BCUT2D eigenvalue weighted by molar-refractivity contribution is 5.62. The van der Waals surface area contributed by atoms with E-state index in [1.807, 2.05) is 26.0 Å². The van der Waals surface area contributed by atoms with Gasteiger partial charge in [-0.05, 0) is 13.8 Å². The molecule has 0 aliphatic rings. The summed E-state index contributed by atoms with van der Waals surface area (Å²) >= 11 is 0. The number of carboxylic acids is 1. The third-order valence-electron chi connectivity index (χ3n) is 0.333. The van der Waals surface area contributed by atoms with E-state index >= 15 is 0 Å². The van der Waals surface area contributed by atoms with Gasteiger partial charge in [0.2, 0.25) is 0 Å². The van der Waals surface area contributed by atoms with E-state index in [1.54, 1.807) is 0 Å². The van der Waals surface area contributed by atoms with E-state index in [-0.39, 0.29) is 0 Å². The lowest BCUT2D eigenvalue weighted by atomic mass is 10.6. The normalized spacial score (nSPS) is 7.88. The number of carboxylic acid groups (broad SMARTS) is 1. The molecule has 2 nitrogen and oxygen atoms in total. The van der Waals surface area contributed by atoms with Crippen LogP contribution in [0.5, 0.6) is 0 Å². The molecular formula is C6H12O2. The van der Waals surface area contributed by atoms with Gasteiger partial charge in [-0.15, -0.1) is 0 Å². The second kappa shape index (κ2) is 9.51. The van der Waals surface area contributed by atoms with Crippen LogP contribution >= 0.6 is 0 Å². The molecule has 0 spiro atoms. The highest BCUT2D eigenvalue weighted by atomic mass is 16.4. The maximum atomic E-state index is 9.00. The van der Waals surface area contributed by atoms with E-state index in [2.05, 4.69) is 0 Å². The van der Waals surface area contributed by atoms with Gasteiger partial charge in [0, 0.05) is 6.92 Å². The molecule has 0 fully saturated rings. The minimum absolute atomic E-state index is 0.833. The van der Waals surface area contributed by atoms with E-state index in [0.29, 0.717) is 0 Å². The minimum Gasteiger partial charge on any atom is -0.481 e. The lowest BCUT2D eigenvalue weighted by Crippen LogP contribution is -1.78. The Labute approximate surface area is 49.8 Å². The summed E-state index contributed by atoms with van der Waals surface area (Å²) in [6.07, 6.45) is 4.00. The van der Waals surface area contributed by atoms with Crippen molar-refractivity contribution in [2.75, 3.05) is 0 Å². The molecule has 0 aliphatic heterocycles. The maximum Gasteiger partial charge on any atom is 0.300 e. The van der Waals surface area contributed by atoms with E-state index in [9.17, 15) is 0 Å². The summed E-state index contributed by atoms with van der Waals surface area (Å²) in [7, 11) is 0. The molecule has 0 saturated carbocycles. The molecule has 0 saturated heterocycles. The van der Waals surface area contributed by atoms with Gasteiger partial charge in [0.1, 0.15) is 0 Å². The highest BCUT2D eigenvalue weighted by Gasteiger charge is 1.65. The van der Waals surface area contributed by atoms with Crippen molar-refractivity contribution in [3.63, 3.8) is 0 Å². The molecule has 48 valence electrons. The molecule has 0 unspecified atom stereocenters. The summed E-state index contributed by atoms with van der Waals surface area (Å²) in [5.74, 6) is -0.833. The number of carbonyl (C=O) groups is 1. The summed E-state index contributed by atoms with van der Waals surface area (Å²) in [6, 6.07) is 0. The number of rotatable bonds is 0. The Morgan fingerprint density at radius 1 is 1.38 bits per heavy atom. The van der Waals surface area contributed by atoms with Crippen LogP contribution in [-0.2, 0) is 4.79 Å². The van der Waals surface area contributed by atoms with Crippen molar-refractivity contribution < 1.29 is 9.90 Å². The van der Waals surface area contributed by atoms with Crippen molar-refractivity contribution in [2.45, 2.75) is 20.8 Å². The largest absolute Gasteiger partial charge is 0.481 e. The molecule has 0 amide bonds. The SMILES string of the molecule is CC(=O)O.CC=CC. The first-order valence-electron chi connectivity index (χ1n) is 2.42. The van der Waals surface area contributed by atoms with Crippen LogP contribution in [0.4, 0.5) is 0 Å². The fourth-order valence-electron chi connectivity index (χ4n) is 0. The van der Waals surface area contributed by atoms with Gasteiger partial charge in [-0.25, -0.2) is 0 Å². The second-order valence-electron chi connectivity index (χ2n) is 1.19. The van der Waals surface area contributed by atoms with Gasteiger partial charge in [0.05, 0.1) is 0 Å². The van der Waals surface area contributed by atoms with Crippen LogP contribution < -0.4 is 0 Å². The molecule has 0 atom stereocenters. The van der Waals surface area contributed by atoms with Crippen molar-refractivity contribution in [2.24, 2.45) is 0 Å². The van der Waals surface area contributed by atoms with E-state index in [4.69, 9.17) is 9.90 Å². The molecule has 0 rings (SSSR count). The number of hydrogen-bond acceptors (Lipinski definition) is 1. The zero-order chi connectivity index (χ0) is 6.99. The first kappa shape index (κ1) is 10.2. The van der Waals surface area contributed by atoms with Gasteiger partial charge in [0.15, 0.2) is 0 Å². The van der Waals surface area contributed by atoms with Crippen molar-refractivity contribution in [3.8, 4) is 0 Å². The monoisotopic (exact) mass is 116 g/mol. The van der Waals surface area contributed by atoms with Crippen LogP contribution in [0.3, 0.4) is 0 Å². The smallest absolute Gasteiger partial charge is 0.300 e. The molecule has 0 heterocycles. The standard InChI is InChI=1S/C4H8.C2H4O2/c1-3-4-2;1-2(3)4/h3-4H,1-2H3;1H3,(H,3,4). The van der Waals surface area contributed by atoms with Crippen molar-refractivity contribution in [1.29, 1.82) is 0 Å². The van der Waals surface area contributed by atoms with Crippen LogP contribution in [0.15, 0.2) is 12.2 Å². The molecule has 0 bridgehead atoms. The third-order valence-corrected chi connectivity index (χ3v) is 0.333. The Bertz CT molecular complexity index is 66.6. The Kier molecular flexibility index (Phi) is 12.2. The predicted molar refractivity (Wildman–Crippen MR) is 33.8 cm³/mol. The van der Waals surface area contributed by atoms with Crippen molar-refractivity contribution in [3.05, 3.63) is 12.2 Å². The molecule has 8 heavy (non-hydrogen) atoms. The van der Waals surface area contributed by atoms with Gasteiger partial charge < -0.3 is 5.11 Å². The quantitative estimate of drug-likeness (QED) is 0.489. The zero-order valence-corrected chi connectivity index (χ0v) is 5.51. The molecule has 1 N–H and O–H groups in total. The van der Waals surface area contributed by atoms with Gasteiger partial charge in [0.25, 0.3) is 5.97 Å². The van der Waals surface area contributed by atoms with Gasteiger partial charge >= 0.3 is 0 Å². The average Bonchev–Trinajstić information content (AvgIpc) is 1.65. The summed E-state index contributed by atoms with van der Waals surface area (Å²) in [6.45, 7) is 5.08. The zero-order valence-electron chi connectivity index (χ0n) is 5.51. The second-order valence-corrected chi connectivity index (χ2v) is 1.19. The van der Waals surface area contributed by atoms with Crippen molar-refractivity contribution >= 4 is 5.97 Å². The molecule has 0 aromatic carbocycles. The van der Waals surface area contributed by atoms with Crippen LogP contribution in [0.1, 0.15) is 20.8 Å². The summed E-state index contributed by atoms with van der Waals surface area (Å²) in [4.78, 5) is 9.00. The third kappa shape index (κ3) is 2090. The summed E-state index contributed by atoms with van der Waals surface area (Å²) in [5, 5.41) is 7.42.